The van der Waals surface area contributed by atoms with Crippen LogP contribution in [-0.2, 0) is 11.3 Å². The molecule has 1 unspecified atom stereocenters. The number of amides is 1. The summed E-state index contributed by atoms with van der Waals surface area (Å²) in [5.41, 5.74) is 2.82. The van der Waals surface area contributed by atoms with E-state index in [2.05, 4.69) is 6.07 Å². The molecule has 0 saturated carbocycles. The van der Waals surface area contributed by atoms with Gasteiger partial charge in [-0.05, 0) is 36.9 Å². The summed E-state index contributed by atoms with van der Waals surface area (Å²) in [4.78, 5) is 25.0. The lowest BCUT2D eigenvalue weighted by Gasteiger charge is -2.26. The second-order valence-electron chi connectivity index (χ2n) is 6.46. The average Bonchev–Trinajstić information content (AvgIpc) is 2.96. The van der Waals surface area contributed by atoms with Gasteiger partial charge in [0.05, 0.1) is 11.0 Å². The molecule has 26 heavy (non-hydrogen) atoms. The lowest BCUT2D eigenvalue weighted by atomic mass is 10.1. The number of nitrogens with zero attached hydrogens (tertiary/aromatic N) is 3. The normalized spacial score (nSPS) is 12.1. The summed E-state index contributed by atoms with van der Waals surface area (Å²) in [6.07, 6.45) is 0. The fourth-order valence-electron chi connectivity index (χ4n) is 3.14. The van der Waals surface area contributed by atoms with Gasteiger partial charge in [0.1, 0.15) is 6.54 Å². The van der Waals surface area contributed by atoms with E-state index in [1.165, 1.54) is 12.1 Å². The molecule has 0 aliphatic rings. The zero-order chi connectivity index (χ0) is 18.8. The van der Waals surface area contributed by atoms with E-state index in [0.717, 1.165) is 22.2 Å². The van der Waals surface area contributed by atoms with Gasteiger partial charge in [-0.15, -0.1) is 0 Å². The molecule has 134 valence electrons. The number of rotatable bonds is 5. The van der Waals surface area contributed by atoms with E-state index in [-0.39, 0.29) is 24.2 Å². The highest BCUT2D eigenvalue weighted by atomic mass is 16.6. The van der Waals surface area contributed by atoms with Crippen molar-refractivity contribution >= 4 is 22.5 Å². The third kappa shape index (κ3) is 3.31. The average molecular weight is 351 g/mol. The number of hydrogen-bond acceptors (Lipinski definition) is 3. The maximum atomic E-state index is 12.8. The van der Waals surface area contributed by atoms with Crippen molar-refractivity contribution in [3.8, 4) is 0 Å². The van der Waals surface area contributed by atoms with Crippen LogP contribution in [0.25, 0.3) is 10.9 Å². The summed E-state index contributed by atoms with van der Waals surface area (Å²) in [5, 5.41) is 12.1. The number of likely N-dealkylation sites (N-methyl/N-ethyl adjacent to an activating group) is 1. The molecule has 0 saturated heterocycles. The van der Waals surface area contributed by atoms with Crippen molar-refractivity contribution in [3.63, 3.8) is 0 Å². The molecule has 0 aliphatic carbocycles. The SMILES string of the molecule is Cc1cc2ccccc2n1CC(=O)N(C)C(C)c1cccc([N+](=O)[O-])c1. The minimum absolute atomic E-state index is 0.0300. The lowest BCUT2D eigenvalue weighted by Crippen LogP contribution is -2.32. The molecule has 1 amide bonds. The van der Waals surface area contributed by atoms with E-state index in [0.29, 0.717) is 0 Å². The van der Waals surface area contributed by atoms with Crippen LogP contribution in [0.4, 0.5) is 5.69 Å². The van der Waals surface area contributed by atoms with Crippen molar-refractivity contribution in [3.05, 3.63) is 76.0 Å². The van der Waals surface area contributed by atoms with Crippen LogP contribution in [0.5, 0.6) is 0 Å². The molecule has 0 fully saturated rings. The van der Waals surface area contributed by atoms with Gasteiger partial charge >= 0.3 is 0 Å². The molecule has 0 N–H and O–H groups in total. The molecule has 3 rings (SSSR count). The summed E-state index contributed by atoms with van der Waals surface area (Å²) in [6.45, 7) is 4.09. The highest BCUT2D eigenvalue weighted by molar-refractivity contribution is 5.84. The number of aromatic nitrogens is 1. The summed E-state index contributed by atoms with van der Waals surface area (Å²) >= 11 is 0. The monoisotopic (exact) mass is 351 g/mol. The Morgan fingerprint density at radius 3 is 2.65 bits per heavy atom. The van der Waals surface area contributed by atoms with Crippen LogP contribution in [0.1, 0.15) is 24.2 Å². The van der Waals surface area contributed by atoms with Crippen molar-refractivity contribution in [1.82, 2.24) is 9.47 Å². The van der Waals surface area contributed by atoms with Gasteiger partial charge in [0.25, 0.3) is 5.69 Å². The number of hydrogen-bond donors (Lipinski definition) is 0. The molecular weight excluding hydrogens is 330 g/mol. The molecule has 0 bridgehead atoms. The van der Waals surface area contributed by atoms with Crippen molar-refractivity contribution < 1.29 is 9.72 Å². The van der Waals surface area contributed by atoms with Crippen LogP contribution < -0.4 is 0 Å². The maximum Gasteiger partial charge on any atom is 0.269 e. The standard InChI is InChI=1S/C20H21N3O3/c1-14-11-17-7-4-5-10-19(17)22(14)13-20(24)21(3)15(2)16-8-6-9-18(12-16)23(25)26/h4-12,15H,13H2,1-3H3. The number of para-hydroxylation sites is 1. The Hall–Kier alpha value is -3.15. The largest absolute Gasteiger partial charge is 0.337 e. The fraction of sp³-hybridized carbons (Fsp3) is 0.250. The molecule has 0 aliphatic heterocycles. The number of non-ortho nitro benzene ring substituents is 1. The lowest BCUT2D eigenvalue weighted by molar-refractivity contribution is -0.384. The van der Waals surface area contributed by atoms with E-state index in [4.69, 9.17) is 0 Å². The van der Waals surface area contributed by atoms with Crippen molar-refractivity contribution in [2.75, 3.05) is 7.05 Å². The summed E-state index contributed by atoms with van der Waals surface area (Å²) in [5.74, 6) is -0.0477. The molecule has 1 aromatic heterocycles. The second kappa shape index (κ2) is 7.00. The van der Waals surface area contributed by atoms with E-state index >= 15 is 0 Å². The molecular formula is C20H21N3O3. The first-order valence-corrected chi connectivity index (χ1v) is 8.43. The Kier molecular flexibility index (Phi) is 4.75. The van der Waals surface area contributed by atoms with Crippen LogP contribution in [0.15, 0.2) is 54.6 Å². The zero-order valence-electron chi connectivity index (χ0n) is 15.0. The third-order valence-corrected chi connectivity index (χ3v) is 4.85. The first kappa shape index (κ1) is 17.7. The Balaban J connectivity index is 1.82. The number of carbonyl (C=O) groups excluding carboxylic acids is 1. The Morgan fingerprint density at radius 2 is 1.92 bits per heavy atom. The fourth-order valence-corrected chi connectivity index (χ4v) is 3.14. The number of nitro groups is 1. The molecule has 6 heteroatoms. The van der Waals surface area contributed by atoms with Gasteiger partial charge in [0, 0.05) is 30.4 Å². The predicted octanol–water partition coefficient (Wildman–Crippen LogP) is 4.08. The smallest absolute Gasteiger partial charge is 0.269 e. The van der Waals surface area contributed by atoms with E-state index < -0.39 is 4.92 Å². The van der Waals surface area contributed by atoms with Crippen LogP contribution in [-0.4, -0.2) is 27.3 Å². The molecule has 1 heterocycles. The number of benzene rings is 2. The van der Waals surface area contributed by atoms with Gasteiger partial charge in [0.2, 0.25) is 5.91 Å². The Morgan fingerprint density at radius 1 is 1.19 bits per heavy atom. The first-order valence-electron chi connectivity index (χ1n) is 8.43. The molecule has 2 aromatic carbocycles. The second-order valence-corrected chi connectivity index (χ2v) is 6.46. The van der Waals surface area contributed by atoms with Gasteiger partial charge in [-0.2, -0.15) is 0 Å². The molecule has 3 aromatic rings. The van der Waals surface area contributed by atoms with Crippen LogP contribution >= 0.6 is 0 Å². The van der Waals surface area contributed by atoms with Gasteiger partial charge < -0.3 is 9.47 Å². The molecule has 6 nitrogen and oxygen atoms in total. The van der Waals surface area contributed by atoms with E-state index in [9.17, 15) is 14.9 Å². The van der Waals surface area contributed by atoms with E-state index in [1.807, 2.05) is 42.7 Å². The van der Waals surface area contributed by atoms with Crippen LogP contribution in [0, 0.1) is 17.0 Å². The summed E-state index contributed by atoms with van der Waals surface area (Å²) in [6, 6.07) is 16.2. The minimum Gasteiger partial charge on any atom is -0.337 e. The maximum absolute atomic E-state index is 12.8. The summed E-state index contributed by atoms with van der Waals surface area (Å²) < 4.78 is 1.99. The molecule has 0 spiro atoms. The van der Waals surface area contributed by atoms with Crippen molar-refractivity contribution in [2.45, 2.75) is 26.4 Å². The quantitative estimate of drug-likeness (QED) is 0.514. The Bertz CT molecular complexity index is 977. The first-order chi connectivity index (χ1) is 12.4. The highest BCUT2D eigenvalue weighted by Gasteiger charge is 2.20. The topological polar surface area (TPSA) is 68.4 Å². The number of carbonyl (C=O) groups is 1. The number of aryl methyl sites for hydroxylation is 1. The highest BCUT2D eigenvalue weighted by Crippen LogP contribution is 2.24. The van der Waals surface area contributed by atoms with Crippen molar-refractivity contribution in [2.24, 2.45) is 0 Å². The number of nitro benzene ring substituents is 1. The van der Waals surface area contributed by atoms with Gasteiger partial charge in [-0.3, -0.25) is 14.9 Å². The van der Waals surface area contributed by atoms with Gasteiger partial charge in [-0.1, -0.05) is 30.3 Å². The van der Waals surface area contributed by atoms with Crippen LogP contribution in [0.3, 0.4) is 0 Å². The van der Waals surface area contributed by atoms with E-state index in [1.54, 1.807) is 24.1 Å². The minimum atomic E-state index is -0.423. The van der Waals surface area contributed by atoms with Crippen molar-refractivity contribution in [1.29, 1.82) is 0 Å². The zero-order valence-corrected chi connectivity index (χ0v) is 15.0. The summed E-state index contributed by atoms with van der Waals surface area (Å²) in [7, 11) is 1.73. The Labute approximate surface area is 151 Å². The van der Waals surface area contributed by atoms with Gasteiger partial charge in [-0.25, -0.2) is 0 Å². The molecule has 0 radical (unpaired) electrons. The van der Waals surface area contributed by atoms with Gasteiger partial charge in [0.15, 0.2) is 0 Å². The molecule has 1 atom stereocenters. The van der Waals surface area contributed by atoms with Crippen LogP contribution in [0.2, 0.25) is 0 Å². The number of fused-ring (bicyclic) bond motifs is 1. The third-order valence-electron chi connectivity index (χ3n) is 4.85. The predicted molar refractivity (Wildman–Crippen MR) is 101 cm³/mol.